The lowest BCUT2D eigenvalue weighted by Gasteiger charge is -2.18. The first kappa shape index (κ1) is 19.1. The number of nitro benzene ring substituents is 1. The molecule has 0 radical (unpaired) electrons. The molecule has 0 unspecified atom stereocenters. The fourth-order valence-corrected chi connectivity index (χ4v) is 2.39. The van der Waals surface area contributed by atoms with Gasteiger partial charge in [0.05, 0.1) is 22.9 Å². The highest BCUT2D eigenvalue weighted by Gasteiger charge is 2.19. The molecule has 0 spiro atoms. The van der Waals surface area contributed by atoms with Crippen LogP contribution in [0.2, 0.25) is 0 Å². The van der Waals surface area contributed by atoms with Crippen LogP contribution in [0.4, 0.5) is 5.69 Å². The fraction of sp³-hybridized carbons (Fsp3) is 0.150. The van der Waals surface area contributed by atoms with Crippen LogP contribution in [0.5, 0.6) is 0 Å². The second-order valence-electron chi connectivity index (χ2n) is 5.58. The summed E-state index contributed by atoms with van der Waals surface area (Å²) < 4.78 is 5.09. The van der Waals surface area contributed by atoms with Gasteiger partial charge in [-0.1, -0.05) is 24.3 Å². The number of nitro groups is 1. The third-order valence-corrected chi connectivity index (χ3v) is 3.80. The molecule has 6 nitrogen and oxygen atoms in total. The summed E-state index contributed by atoms with van der Waals surface area (Å²) in [5, 5.41) is 21.2. The Bertz CT molecular complexity index is 784. The van der Waals surface area contributed by atoms with Crippen LogP contribution >= 0.6 is 0 Å². The molecule has 0 heterocycles. The largest absolute Gasteiger partial charge is 0.431 e. The predicted molar refractivity (Wildman–Crippen MR) is 97.4 cm³/mol. The van der Waals surface area contributed by atoms with Gasteiger partial charge in [0, 0.05) is 18.1 Å². The molecule has 134 valence electrons. The van der Waals surface area contributed by atoms with E-state index in [4.69, 9.17) is 4.74 Å². The highest BCUT2D eigenvalue weighted by molar-refractivity contribution is 5.89. The van der Waals surface area contributed by atoms with Crippen LogP contribution in [0, 0.1) is 16.0 Å². The minimum atomic E-state index is -0.916. The number of esters is 1. The van der Waals surface area contributed by atoms with E-state index < -0.39 is 22.9 Å². The Balaban J connectivity index is 2.05. The molecule has 2 aromatic carbocycles. The van der Waals surface area contributed by atoms with Gasteiger partial charge in [-0.2, -0.15) is 0 Å². The molecule has 6 heteroatoms. The Morgan fingerprint density at radius 1 is 1.19 bits per heavy atom. The summed E-state index contributed by atoms with van der Waals surface area (Å²) in [6.45, 7) is 3.66. The van der Waals surface area contributed by atoms with Crippen molar-refractivity contribution in [2.24, 2.45) is 5.92 Å². The van der Waals surface area contributed by atoms with Crippen molar-refractivity contribution in [3.8, 4) is 0 Å². The third-order valence-electron chi connectivity index (χ3n) is 3.80. The van der Waals surface area contributed by atoms with E-state index in [-0.39, 0.29) is 5.69 Å². The number of hydrogen-bond donors (Lipinski definition) is 1. The van der Waals surface area contributed by atoms with E-state index in [2.05, 4.69) is 6.58 Å². The van der Waals surface area contributed by atoms with Crippen molar-refractivity contribution in [3.05, 3.63) is 101 Å². The third kappa shape index (κ3) is 5.12. The number of carbonyl (C=O) groups excluding carboxylic acids is 1. The minimum absolute atomic E-state index is 0.0476. The normalized spacial score (nSPS) is 13.1. The van der Waals surface area contributed by atoms with E-state index in [1.807, 2.05) is 0 Å². The average Bonchev–Trinajstić information content (AvgIpc) is 2.67. The van der Waals surface area contributed by atoms with E-state index in [1.54, 1.807) is 42.5 Å². The lowest BCUT2D eigenvalue weighted by atomic mass is 9.93. The first-order valence-electron chi connectivity index (χ1n) is 7.99. The maximum Gasteiger partial charge on any atom is 0.342 e. The Hall–Kier alpha value is -3.25. The van der Waals surface area contributed by atoms with Crippen LogP contribution in [-0.2, 0) is 4.74 Å². The van der Waals surface area contributed by atoms with Gasteiger partial charge in [-0.15, -0.1) is 6.58 Å². The zero-order chi connectivity index (χ0) is 18.9. The Morgan fingerprint density at radius 3 is 2.42 bits per heavy atom. The number of aliphatic hydroxyl groups is 1. The molecule has 0 aliphatic carbocycles. The molecule has 0 aliphatic heterocycles. The summed E-state index contributed by atoms with van der Waals surface area (Å²) in [6, 6.07) is 14.2. The Kier molecular flexibility index (Phi) is 6.82. The molecular formula is C20H19NO5. The molecule has 26 heavy (non-hydrogen) atoms. The molecular weight excluding hydrogens is 334 g/mol. The molecule has 0 aliphatic rings. The van der Waals surface area contributed by atoms with Crippen molar-refractivity contribution in [3.63, 3.8) is 0 Å². The zero-order valence-corrected chi connectivity index (χ0v) is 14.0. The number of non-ortho nitro benzene ring substituents is 1. The topological polar surface area (TPSA) is 89.7 Å². The first-order valence-corrected chi connectivity index (χ1v) is 7.99. The van der Waals surface area contributed by atoms with Crippen molar-refractivity contribution in [2.75, 3.05) is 0 Å². The molecule has 0 aromatic heterocycles. The van der Waals surface area contributed by atoms with Gasteiger partial charge in [-0.05, 0) is 42.3 Å². The molecule has 2 atom stereocenters. The van der Waals surface area contributed by atoms with Crippen molar-refractivity contribution >= 4 is 11.7 Å². The van der Waals surface area contributed by atoms with E-state index in [9.17, 15) is 20.0 Å². The monoisotopic (exact) mass is 353 g/mol. The van der Waals surface area contributed by atoms with Gasteiger partial charge >= 0.3 is 5.97 Å². The number of nitrogens with zero attached hydrogens (tertiary/aromatic N) is 1. The number of rotatable bonds is 8. The quantitative estimate of drug-likeness (QED) is 0.253. The highest BCUT2D eigenvalue weighted by Crippen LogP contribution is 2.27. The SMILES string of the molecule is C=CC[C@@H](/C=C\OC(=O)c1ccccc1)[C@H](O)c1ccc([N+](=O)[O-])cc1. The number of ether oxygens (including phenoxy) is 1. The molecule has 0 bridgehead atoms. The van der Waals surface area contributed by atoms with Crippen molar-refractivity contribution in [1.29, 1.82) is 0 Å². The van der Waals surface area contributed by atoms with Crippen LogP contribution < -0.4 is 0 Å². The van der Waals surface area contributed by atoms with Gasteiger partial charge in [0.25, 0.3) is 5.69 Å². The maximum atomic E-state index is 11.9. The number of hydrogen-bond acceptors (Lipinski definition) is 5. The van der Waals surface area contributed by atoms with Crippen molar-refractivity contribution < 1.29 is 19.6 Å². The Labute approximate surface area is 151 Å². The molecule has 2 rings (SSSR count). The standard InChI is InChI=1S/C20H19NO5/c1-2-6-15(13-14-26-20(23)17-7-4-3-5-8-17)19(22)16-9-11-18(12-10-16)21(24)25/h2-5,7-15,19,22H,1,6H2/b14-13-/t15-,19-/m0/s1. The second kappa shape index (κ2) is 9.29. The van der Waals surface area contributed by atoms with Gasteiger partial charge in [0.2, 0.25) is 0 Å². The zero-order valence-electron chi connectivity index (χ0n) is 14.0. The molecule has 0 fully saturated rings. The van der Waals surface area contributed by atoms with E-state index >= 15 is 0 Å². The van der Waals surface area contributed by atoms with E-state index in [0.29, 0.717) is 17.5 Å². The van der Waals surface area contributed by atoms with Gasteiger partial charge < -0.3 is 9.84 Å². The second-order valence-corrected chi connectivity index (χ2v) is 5.58. The fourth-order valence-electron chi connectivity index (χ4n) is 2.39. The lowest BCUT2D eigenvalue weighted by molar-refractivity contribution is -0.384. The lowest BCUT2D eigenvalue weighted by Crippen LogP contribution is -2.10. The summed E-state index contributed by atoms with van der Waals surface area (Å²) in [5.41, 5.74) is 0.906. The summed E-state index contributed by atoms with van der Waals surface area (Å²) in [5.74, 6) is -0.887. The Morgan fingerprint density at radius 2 is 1.85 bits per heavy atom. The number of benzene rings is 2. The minimum Gasteiger partial charge on any atom is -0.431 e. The van der Waals surface area contributed by atoms with Gasteiger partial charge in [0.15, 0.2) is 0 Å². The van der Waals surface area contributed by atoms with Crippen molar-refractivity contribution in [1.82, 2.24) is 0 Å². The smallest absolute Gasteiger partial charge is 0.342 e. The van der Waals surface area contributed by atoms with Gasteiger partial charge in [0.1, 0.15) is 0 Å². The number of allylic oxidation sites excluding steroid dienone is 1. The van der Waals surface area contributed by atoms with Crippen LogP contribution in [0.3, 0.4) is 0 Å². The number of aliphatic hydroxyl groups excluding tert-OH is 1. The van der Waals surface area contributed by atoms with E-state index in [0.717, 1.165) is 0 Å². The molecule has 0 amide bonds. The summed E-state index contributed by atoms with van der Waals surface area (Å²) >= 11 is 0. The van der Waals surface area contributed by atoms with Crippen LogP contribution in [0.25, 0.3) is 0 Å². The molecule has 0 saturated heterocycles. The summed E-state index contributed by atoms with van der Waals surface area (Å²) in [6.07, 6.45) is 3.99. The van der Waals surface area contributed by atoms with Crippen LogP contribution in [0.15, 0.2) is 79.6 Å². The highest BCUT2D eigenvalue weighted by atomic mass is 16.6. The van der Waals surface area contributed by atoms with Crippen LogP contribution in [0.1, 0.15) is 28.4 Å². The first-order chi connectivity index (χ1) is 12.5. The number of carbonyl (C=O) groups is 1. The van der Waals surface area contributed by atoms with E-state index in [1.165, 1.54) is 30.5 Å². The van der Waals surface area contributed by atoms with Crippen LogP contribution in [-0.4, -0.2) is 16.0 Å². The van der Waals surface area contributed by atoms with Gasteiger partial charge in [-0.3, -0.25) is 10.1 Å². The summed E-state index contributed by atoms with van der Waals surface area (Å²) in [4.78, 5) is 22.1. The van der Waals surface area contributed by atoms with Gasteiger partial charge in [-0.25, -0.2) is 4.79 Å². The predicted octanol–water partition coefficient (Wildman–Crippen LogP) is 4.19. The summed E-state index contributed by atoms with van der Waals surface area (Å²) in [7, 11) is 0. The molecule has 0 saturated carbocycles. The molecule has 1 N–H and O–H groups in total. The van der Waals surface area contributed by atoms with Crippen molar-refractivity contribution in [2.45, 2.75) is 12.5 Å². The molecule has 2 aromatic rings. The maximum absolute atomic E-state index is 11.9. The average molecular weight is 353 g/mol.